The predicted octanol–water partition coefficient (Wildman–Crippen LogP) is 4.24. The first-order valence-electron chi connectivity index (χ1n) is 10.6. The molecule has 3 aromatic rings. The van der Waals surface area contributed by atoms with Gasteiger partial charge in [0.2, 0.25) is 5.91 Å². The molecule has 5 nitrogen and oxygen atoms in total. The average molecular weight is 435 g/mol. The number of nitrogens with zero attached hydrogens (tertiary/aromatic N) is 1. The Hall–Kier alpha value is -3.12. The van der Waals surface area contributed by atoms with Crippen molar-refractivity contribution in [2.75, 3.05) is 26.2 Å². The maximum atomic E-state index is 13.3. The topological polar surface area (TPSA) is 58.6 Å². The first-order chi connectivity index (χ1) is 15.2. The molecule has 0 saturated carbocycles. The molecule has 0 spiro atoms. The summed E-state index contributed by atoms with van der Waals surface area (Å²) >= 11 is 1.69. The number of hydrogen-bond acceptors (Lipinski definition) is 4. The van der Waals surface area contributed by atoms with Crippen molar-refractivity contribution in [1.29, 1.82) is 0 Å². The molecule has 31 heavy (non-hydrogen) atoms. The Balaban J connectivity index is 1.57. The molecule has 0 bridgehead atoms. The van der Waals surface area contributed by atoms with Gasteiger partial charge in [-0.3, -0.25) is 9.59 Å². The van der Waals surface area contributed by atoms with E-state index >= 15 is 0 Å². The van der Waals surface area contributed by atoms with E-state index < -0.39 is 0 Å². The number of amides is 2. The van der Waals surface area contributed by atoms with E-state index in [0.717, 1.165) is 11.1 Å². The van der Waals surface area contributed by atoms with Gasteiger partial charge in [-0.15, -0.1) is 11.3 Å². The maximum absolute atomic E-state index is 13.3. The summed E-state index contributed by atoms with van der Waals surface area (Å²) in [5.74, 6) is 0.163. The van der Waals surface area contributed by atoms with Crippen LogP contribution in [0.1, 0.15) is 22.8 Å². The number of carbonyl (C=O) groups is 2. The Kier molecular flexibility index (Phi) is 6.67. The fourth-order valence-corrected chi connectivity index (χ4v) is 4.76. The van der Waals surface area contributed by atoms with Crippen molar-refractivity contribution in [2.45, 2.75) is 13.3 Å². The van der Waals surface area contributed by atoms with Crippen LogP contribution in [0, 0.1) is 5.92 Å². The number of rotatable bonds is 6. The van der Waals surface area contributed by atoms with E-state index in [1.807, 2.05) is 43.3 Å². The number of thiophene rings is 1. The molecule has 6 heteroatoms. The van der Waals surface area contributed by atoms with Crippen LogP contribution < -0.4 is 10.1 Å². The molecule has 1 aliphatic heterocycles. The highest BCUT2D eigenvalue weighted by molar-refractivity contribution is 7.13. The number of ether oxygens (including phenoxy) is 1. The van der Waals surface area contributed by atoms with Crippen molar-refractivity contribution in [2.24, 2.45) is 5.92 Å². The van der Waals surface area contributed by atoms with E-state index in [2.05, 4.69) is 28.9 Å². The lowest BCUT2D eigenvalue weighted by molar-refractivity contribution is -0.124. The summed E-state index contributed by atoms with van der Waals surface area (Å²) in [6.07, 6.45) is 0.580. The summed E-state index contributed by atoms with van der Waals surface area (Å²) in [6, 6.07) is 19.6. The van der Waals surface area contributed by atoms with E-state index in [1.54, 1.807) is 22.3 Å². The summed E-state index contributed by atoms with van der Waals surface area (Å²) < 4.78 is 5.65. The first kappa shape index (κ1) is 21.1. The van der Waals surface area contributed by atoms with Crippen LogP contribution in [-0.2, 0) is 11.2 Å². The molecule has 160 valence electrons. The summed E-state index contributed by atoms with van der Waals surface area (Å²) in [7, 11) is 0. The number of carbonyl (C=O) groups excluding carboxylic acids is 2. The minimum absolute atomic E-state index is 0.00521. The van der Waals surface area contributed by atoms with Crippen molar-refractivity contribution in [1.82, 2.24) is 10.2 Å². The van der Waals surface area contributed by atoms with Crippen LogP contribution >= 0.6 is 11.3 Å². The van der Waals surface area contributed by atoms with E-state index in [9.17, 15) is 9.59 Å². The Morgan fingerprint density at radius 2 is 1.94 bits per heavy atom. The van der Waals surface area contributed by atoms with E-state index in [-0.39, 0.29) is 17.7 Å². The normalized spacial score (nSPS) is 16.5. The fraction of sp³-hybridized carbons (Fsp3) is 0.280. The third kappa shape index (κ3) is 4.80. The molecule has 2 amide bonds. The van der Waals surface area contributed by atoms with Crippen LogP contribution in [0.5, 0.6) is 5.75 Å². The molecule has 1 fully saturated rings. The number of benzene rings is 2. The third-order valence-electron chi connectivity index (χ3n) is 5.47. The van der Waals surface area contributed by atoms with Crippen LogP contribution in [0.15, 0.2) is 66.0 Å². The van der Waals surface area contributed by atoms with Gasteiger partial charge in [-0.2, -0.15) is 0 Å². The molecule has 4 rings (SSSR count). The van der Waals surface area contributed by atoms with Gasteiger partial charge < -0.3 is 15.0 Å². The van der Waals surface area contributed by atoms with Gasteiger partial charge in [0.1, 0.15) is 5.75 Å². The van der Waals surface area contributed by atoms with Gasteiger partial charge in [-0.25, -0.2) is 0 Å². The van der Waals surface area contributed by atoms with Crippen molar-refractivity contribution in [3.8, 4) is 16.2 Å². The van der Waals surface area contributed by atoms with Crippen molar-refractivity contribution < 1.29 is 14.3 Å². The van der Waals surface area contributed by atoms with Gasteiger partial charge in [-0.05, 0) is 48.1 Å². The lowest BCUT2D eigenvalue weighted by atomic mass is 9.94. The predicted molar refractivity (Wildman–Crippen MR) is 123 cm³/mol. The molecular formula is C25H26N2O3S. The molecule has 1 saturated heterocycles. The molecule has 0 aliphatic carbocycles. The van der Waals surface area contributed by atoms with Crippen LogP contribution in [-0.4, -0.2) is 43.0 Å². The van der Waals surface area contributed by atoms with E-state index in [1.165, 1.54) is 4.88 Å². The Morgan fingerprint density at radius 1 is 1.13 bits per heavy atom. The number of nitrogens with one attached hydrogen (secondary N) is 1. The maximum Gasteiger partial charge on any atom is 0.257 e. The summed E-state index contributed by atoms with van der Waals surface area (Å²) in [5, 5.41) is 5.04. The van der Waals surface area contributed by atoms with Crippen LogP contribution in [0.4, 0.5) is 0 Å². The average Bonchev–Trinajstić information content (AvgIpc) is 3.26. The molecule has 1 aliphatic rings. The van der Waals surface area contributed by atoms with Crippen molar-refractivity contribution in [3.63, 3.8) is 0 Å². The van der Waals surface area contributed by atoms with Crippen LogP contribution in [0.2, 0.25) is 0 Å². The van der Waals surface area contributed by atoms with Gasteiger partial charge >= 0.3 is 0 Å². The summed E-state index contributed by atoms with van der Waals surface area (Å²) in [4.78, 5) is 29.1. The number of para-hydroxylation sites is 1. The summed E-state index contributed by atoms with van der Waals surface area (Å²) in [6.45, 7) is 3.70. The second-order valence-electron chi connectivity index (χ2n) is 7.51. The molecule has 0 unspecified atom stereocenters. The first-order valence-corrected chi connectivity index (χ1v) is 11.5. The molecule has 0 radical (unpaired) electrons. The third-order valence-corrected chi connectivity index (χ3v) is 6.37. The van der Waals surface area contributed by atoms with Gasteiger partial charge in [0.05, 0.1) is 18.1 Å². The smallest absolute Gasteiger partial charge is 0.257 e. The minimum Gasteiger partial charge on any atom is -0.493 e. The zero-order chi connectivity index (χ0) is 21.6. The zero-order valence-corrected chi connectivity index (χ0v) is 18.4. The van der Waals surface area contributed by atoms with Gasteiger partial charge in [0.25, 0.3) is 5.91 Å². The molecule has 2 aromatic carbocycles. The molecule has 1 atom stereocenters. The van der Waals surface area contributed by atoms with Gasteiger partial charge in [-0.1, -0.05) is 42.5 Å². The summed E-state index contributed by atoms with van der Waals surface area (Å²) in [5.41, 5.74) is 2.81. The van der Waals surface area contributed by atoms with E-state index in [0.29, 0.717) is 44.0 Å². The van der Waals surface area contributed by atoms with Crippen molar-refractivity contribution in [3.05, 3.63) is 77.2 Å². The Labute approximate surface area is 186 Å². The molecule has 1 N–H and O–H groups in total. The van der Waals surface area contributed by atoms with Crippen LogP contribution in [0.25, 0.3) is 10.4 Å². The van der Waals surface area contributed by atoms with E-state index in [4.69, 9.17) is 4.74 Å². The largest absolute Gasteiger partial charge is 0.493 e. The number of hydrogen-bond donors (Lipinski definition) is 1. The van der Waals surface area contributed by atoms with Gasteiger partial charge in [0, 0.05) is 24.5 Å². The lowest BCUT2D eigenvalue weighted by Gasteiger charge is -2.24. The van der Waals surface area contributed by atoms with Gasteiger partial charge in [0.15, 0.2) is 0 Å². The minimum atomic E-state index is -0.313. The zero-order valence-electron chi connectivity index (χ0n) is 17.5. The lowest BCUT2D eigenvalue weighted by Crippen LogP contribution is -2.37. The quantitative estimate of drug-likeness (QED) is 0.631. The Morgan fingerprint density at radius 3 is 2.74 bits per heavy atom. The highest BCUT2D eigenvalue weighted by Crippen LogP contribution is 2.30. The molecular weight excluding hydrogens is 408 g/mol. The second-order valence-corrected chi connectivity index (χ2v) is 8.45. The molecule has 2 heterocycles. The SMILES string of the molecule is CCOc1ccccc1C(=O)N1CCNC(=O)[C@@H](Cc2ccccc2-c2cccs2)C1. The second kappa shape index (κ2) is 9.79. The Bertz CT molecular complexity index is 1050. The standard InChI is InChI=1S/C25H26N2O3S/c1-2-30-22-11-6-5-10-21(22)25(29)27-14-13-26-24(28)19(17-27)16-18-8-3-4-9-20(18)23-12-7-15-31-23/h3-12,15,19H,2,13-14,16-17H2,1H3,(H,26,28)/t19-/m0/s1. The highest BCUT2D eigenvalue weighted by atomic mass is 32.1. The van der Waals surface area contributed by atoms with Crippen LogP contribution in [0.3, 0.4) is 0 Å². The van der Waals surface area contributed by atoms with Crippen molar-refractivity contribution >= 4 is 23.2 Å². The highest BCUT2D eigenvalue weighted by Gasteiger charge is 2.30. The molecule has 1 aromatic heterocycles. The monoisotopic (exact) mass is 434 g/mol. The fourth-order valence-electron chi connectivity index (χ4n) is 3.97.